The number of nitrogens with zero attached hydrogens (tertiary/aromatic N) is 3. The average Bonchev–Trinajstić information content (AvgIpc) is 2.59. The van der Waals surface area contributed by atoms with Crippen LogP contribution in [0.15, 0.2) is 17.5 Å². The third kappa shape index (κ3) is 0.775. The Balaban J connectivity index is 2.20. The molecule has 0 unspecified atom stereocenters. The van der Waals surface area contributed by atoms with Crippen molar-refractivity contribution >= 4 is 12.2 Å². The van der Waals surface area contributed by atoms with Gasteiger partial charge in [0.05, 0.1) is 25.4 Å². The molecule has 0 bridgehead atoms. The number of hydrogen-bond donors (Lipinski definition) is 1. The number of rotatable bonds is 1. The van der Waals surface area contributed by atoms with Gasteiger partial charge in [-0.05, 0) is 0 Å². The van der Waals surface area contributed by atoms with Gasteiger partial charge in [0.2, 0.25) is 0 Å². The lowest BCUT2D eigenvalue weighted by Gasteiger charge is -2.08. The van der Waals surface area contributed by atoms with Gasteiger partial charge in [-0.3, -0.25) is 4.99 Å². The van der Waals surface area contributed by atoms with E-state index in [1.165, 1.54) is 0 Å². The Morgan fingerprint density at radius 1 is 1.60 bits per heavy atom. The fourth-order valence-corrected chi connectivity index (χ4v) is 0.968. The fourth-order valence-electron chi connectivity index (χ4n) is 0.968. The minimum absolute atomic E-state index is 0.888. The van der Waals surface area contributed by atoms with E-state index in [1.807, 2.05) is 11.2 Å². The molecule has 0 saturated heterocycles. The summed E-state index contributed by atoms with van der Waals surface area (Å²) in [5.41, 5.74) is 0. The molecule has 0 saturated carbocycles. The van der Waals surface area contributed by atoms with Crippen molar-refractivity contribution in [2.45, 2.75) is 0 Å². The standard InChI is InChI=1S/C6H8N4/c1-2-10(5-7-1)6-3-8-4-9-6/h3-5H,1-2H2,(H,8,9). The second-order valence-corrected chi connectivity index (χ2v) is 2.15. The van der Waals surface area contributed by atoms with E-state index >= 15 is 0 Å². The molecule has 0 atom stereocenters. The molecule has 52 valence electrons. The highest BCUT2D eigenvalue weighted by atomic mass is 15.3. The largest absolute Gasteiger partial charge is 0.331 e. The zero-order valence-electron chi connectivity index (χ0n) is 5.49. The van der Waals surface area contributed by atoms with Crippen LogP contribution in [0.1, 0.15) is 0 Å². The van der Waals surface area contributed by atoms with Crippen molar-refractivity contribution in [2.24, 2.45) is 4.99 Å². The van der Waals surface area contributed by atoms with Gasteiger partial charge in [0.15, 0.2) is 0 Å². The number of aliphatic imine (C=N–C) groups is 1. The van der Waals surface area contributed by atoms with E-state index in [-0.39, 0.29) is 0 Å². The lowest BCUT2D eigenvalue weighted by molar-refractivity contribution is 1.01. The van der Waals surface area contributed by atoms with E-state index in [2.05, 4.69) is 15.0 Å². The molecule has 0 spiro atoms. The molecule has 0 fully saturated rings. The summed E-state index contributed by atoms with van der Waals surface area (Å²) in [6.07, 6.45) is 5.28. The van der Waals surface area contributed by atoms with Crippen molar-refractivity contribution in [1.82, 2.24) is 9.97 Å². The van der Waals surface area contributed by atoms with Crippen LogP contribution < -0.4 is 4.90 Å². The third-order valence-electron chi connectivity index (χ3n) is 1.48. The lowest BCUT2D eigenvalue weighted by atomic mass is 10.6. The van der Waals surface area contributed by atoms with Gasteiger partial charge in [-0.1, -0.05) is 0 Å². The van der Waals surface area contributed by atoms with Crippen LogP contribution in [0.2, 0.25) is 0 Å². The van der Waals surface area contributed by atoms with Crippen molar-refractivity contribution in [1.29, 1.82) is 0 Å². The molecule has 1 aromatic rings. The number of imidazole rings is 1. The summed E-state index contributed by atoms with van der Waals surface area (Å²) in [6, 6.07) is 0. The summed E-state index contributed by atoms with van der Waals surface area (Å²) in [6.45, 7) is 1.85. The second-order valence-electron chi connectivity index (χ2n) is 2.15. The topological polar surface area (TPSA) is 44.3 Å². The summed E-state index contributed by atoms with van der Waals surface area (Å²) in [5, 5.41) is 0. The Hall–Kier alpha value is -1.32. The van der Waals surface area contributed by atoms with Crippen LogP contribution in [0.4, 0.5) is 5.82 Å². The van der Waals surface area contributed by atoms with Gasteiger partial charge in [0.25, 0.3) is 0 Å². The summed E-state index contributed by atoms with van der Waals surface area (Å²) < 4.78 is 0. The fraction of sp³-hybridized carbons (Fsp3) is 0.333. The van der Waals surface area contributed by atoms with Crippen molar-refractivity contribution in [3.8, 4) is 0 Å². The molecule has 1 aliphatic rings. The zero-order valence-corrected chi connectivity index (χ0v) is 5.49. The Bertz CT molecular complexity index is 226. The van der Waals surface area contributed by atoms with Crippen LogP contribution in [0, 0.1) is 0 Å². The van der Waals surface area contributed by atoms with E-state index < -0.39 is 0 Å². The molecule has 1 aliphatic heterocycles. The number of anilines is 1. The summed E-state index contributed by atoms with van der Waals surface area (Å²) >= 11 is 0. The first-order valence-electron chi connectivity index (χ1n) is 3.22. The monoisotopic (exact) mass is 136 g/mol. The molecule has 1 N–H and O–H groups in total. The van der Waals surface area contributed by atoms with Crippen molar-refractivity contribution < 1.29 is 0 Å². The number of hydrogen-bond acceptors (Lipinski definition) is 3. The SMILES string of the molecule is C1=NCCN1c1cnc[nH]1. The predicted octanol–water partition coefficient (Wildman–Crippen LogP) is 0.258. The zero-order chi connectivity index (χ0) is 6.81. The minimum atomic E-state index is 0.888. The van der Waals surface area contributed by atoms with E-state index in [9.17, 15) is 0 Å². The highest BCUT2D eigenvalue weighted by Crippen LogP contribution is 2.07. The number of aromatic amines is 1. The maximum Gasteiger partial charge on any atom is 0.131 e. The van der Waals surface area contributed by atoms with Crippen molar-refractivity contribution in [2.75, 3.05) is 18.0 Å². The molecular weight excluding hydrogens is 128 g/mol. The molecule has 0 radical (unpaired) electrons. The van der Waals surface area contributed by atoms with Crippen LogP contribution in [-0.4, -0.2) is 29.4 Å². The molecule has 2 heterocycles. The minimum Gasteiger partial charge on any atom is -0.331 e. The molecule has 4 nitrogen and oxygen atoms in total. The number of nitrogens with one attached hydrogen (secondary N) is 1. The van der Waals surface area contributed by atoms with Gasteiger partial charge in [-0.2, -0.15) is 0 Å². The van der Waals surface area contributed by atoms with Crippen molar-refractivity contribution in [3.05, 3.63) is 12.5 Å². The summed E-state index contributed by atoms with van der Waals surface area (Å²) in [7, 11) is 0. The van der Waals surface area contributed by atoms with E-state index in [0.717, 1.165) is 18.9 Å². The van der Waals surface area contributed by atoms with Crippen molar-refractivity contribution in [3.63, 3.8) is 0 Å². The van der Waals surface area contributed by atoms with Crippen LogP contribution >= 0.6 is 0 Å². The molecule has 1 aromatic heterocycles. The van der Waals surface area contributed by atoms with Crippen LogP contribution in [-0.2, 0) is 0 Å². The number of aromatic nitrogens is 2. The molecule has 2 rings (SSSR count). The molecule has 4 heteroatoms. The Labute approximate surface area is 58.6 Å². The molecule has 0 amide bonds. The smallest absolute Gasteiger partial charge is 0.131 e. The number of H-pyrrole nitrogens is 1. The van der Waals surface area contributed by atoms with Crippen LogP contribution in [0.3, 0.4) is 0 Å². The average molecular weight is 136 g/mol. The first kappa shape index (κ1) is 5.46. The Morgan fingerprint density at radius 2 is 2.60 bits per heavy atom. The van der Waals surface area contributed by atoms with E-state index in [4.69, 9.17) is 0 Å². The van der Waals surface area contributed by atoms with Crippen LogP contribution in [0.5, 0.6) is 0 Å². The van der Waals surface area contributed by atoms with Gasteiger partial charge in [-0.15, -0.1) is 0 Å². The summed E-state index contributed by atoms with van der Waals surface area (Å²) in [4.78, 5) is 13.0. The highest BCUT2D eigenvalue weighted by molar-refractivity contribution is 5.78. The maximum absolute atomic E-state index is 4.07. The van der Waals surface area contributed by atoms with Gasteiger partial charge in [0.1, 0.15) is 5.82 Å². The first-order valence-corrected chi connectivity index (χ1v) is 3.22. The lowest BCUT2D eigenvalue weighted by Crippen LogP contribution is -2.18. The Kier molecular flexibility index (Phi) is 1.16. The van der Waals surface area contributed by atoms with Crippen LogP contribution in [0.25, 0.3) is 0 Å². The first-order chi connectivity index (χ1) is 4.97. The molecule has 10 heavy (non-hydrogen) atoms. The van der Waals surface area contributed by atoms with E-state index in [0.29, 0.717) is 0 Å². The maximum atomic E-state index is 4.07. The predicted molar refractivity (Wildman–Crippen MR) is 39.3 cm³/mol. The molecule has 0 aromatic carbocycles. The van der Waals surface area contributed by atoms with E-state index in [1.54, 1.807) is 12.5 Å². The third-order valence-corrected chi connectivity index (χ3v) is 1.48. The molecule has 0 aliphatic carbocycles. The van der Waals surface area contributed by atoms with Gasteiger partial charge >= 0.3 is 0 Å². The Morgan fingerprint density at radius 3 is 3.20 bits per heavy atom. The van der Waals surface area contributed by atoms with Gasteiger partial charge in [-0.25, -0.2) is 4.98 Å². The second kappa shape index (κ2) is 2.13. The summed E-state index contributed by atoms with van der Waals surface area (Å²) in [5.74, 6) is 1.02. The molecular formula is C6H8N4. The highest BCUT2D eigenvalue weighted by Gasteiger charge is 2.07. The van der Waals surface area contributed by atoms with Gasteiger partial charge < -0.3 is 9.88 Å². The quantitative estimate of drug-likeness (QED) is 0.601. The normalized spacial score (nSPS) is 16.6. The van der Waals surface area contributed by atoms with Gasteiger partial charge in [0, 0.05) is 6.54 Å².